The van der Waals surface area contributed by atoms with Crippen LogP contribution >= 0.6 is 0 Å². The van der Waals surface area contributed by atoms with E-state index in [1.165, 1.54) is 25.9 Å². The van der Waals surface area contributed by atoms with Gasteiger partial charge in [-0.25, -0.2) is 0 Å². The molecular weight excluding hydrogens is 276 g/mol. The van der Waals surface area contributed by atoms with Gasteiger partial charge < -0.3 is 10.6 Å². The molecule has 0 saturated carbocycles. The highest BCUT2D eigenvalue weighted by Crippen LogP contribution is 2.37. The lowest BCUT2D eigenvalue weighted by Gasteiger charge is -2.44. The molecule has 1 aromatic carbocycles. The maximum Gasteiger partial charge on any atom is 0.269 e. The number of hydrogen-bond donors (Lipinski definition) is 1. The maximum atomic E-state index is 11.8. The second-order valence-corrected chi connectivity index (χ2v) is 6.24. The first kappa shape index (κ1) is 13.4. The van der Waals surface area contributed by atoms with Crippen LogP contribution in [-0.2, 0) is 0 Å². The molecule has 5 rings (SSSR count). The lowest BCUT2D eigenvalue weighted by Crippen LogP contribution is -2.48. The molecular formula is C17H18N4O. The van der Waals surface area contributed by atoms with Gasteiger partial charge in [0.15, 0.2) is 5.69 Å². The number of fused-ring (bicyclic) bond motifs is 4. The van der Waals surface area contributed by atoms with E-state index in [2.05, 4.69) is 15.9 Å². The standard InChI is InChI=1S/C17H18N4O/c1-2-11-3-4-14-13(9-11)16(17(18)22)19-21(14)15-10-20-7-5-12(15)6-8-20/h1,3-4,9,12,15H,5-8,10H2,(H2,18,22)/t15-/m0/s1. The number of benzene rings is 1. The van der Waals surface area contributed by atoms with Crippen LogP contribution in [0.5, 0.6) is 0 Å². The van der Waals surface area contributed by atoms with Crippen LogP contribution in [0.15, 0.2) is 18.2 Å². The molecule has 4 heterocycles. The fourth-order valence-electron chi connectivity index (χ4n) is 3.88. The highest BCUT2D eigenvalue weighted by molar-refractivity contribution is 6.04. The second kappa shape index (κ2) is 4.85. The number of terminal acetylenes is 1. The van der Waals surface area contributed by atoms with Crippen molar-refractivity contribution in [2.45, 2.75) is 18.9 Å². The quantitative estimate of drug-likeness (QED) is 0.851. The second-order valence-electron chi connectivity index (χ2n) is 6.24. The zero-order valence-electron chi connectivity index (χ0n) is 12.3. The number of amides is 1. The third kappa shape index (κ3) is 1.92. The van der Waals surface area contributed by atoms with E-state index in [1.54, 1.807) is 0 Å². The molecule has 0 radical (unpaired) electrons. The summed E-state index contributed by atoms with van der Waals surface area (Å²) in [5.74, 6) is 2.73. The van der Waals surface area contributed by atoms with Crippen molar-refractivity contribution in [3.8, 4) is 12.3 Å². The van der Waals surface area contributed by atoms with Crippen LogP contribution < -0.4 is 5.73 Å². The highest BCUT2D eigenvalue weighted by atomic mass is 16.1. The Kier molecular flexibility index (Phi) is 2.95. The predicted octanol–water partition coefficient (Wildman–Crippen LogP) is 1.38. The number of aromatic nitrogens is 2. The third-order valence-electron chi connectivity index (χ3n) is 5.04. The van der Waals surface area contributed by atoms with Crippen molar-refractivity contribution < 1.29 is 4.79 Å². The summed E-state index contributed by atoms with van der Waals surface area (Å²) in [6.07, 6.45) is 7.86. The Morgan fingerprint density at radius 3 is 2.73 bits per heavy atom. The van der Waals surface area contributed by atoms with E-state index >= 15 is 0 Å². The Balaban J connectivity index is 1.88. The predicted molar refractivity (Wildman–Crippen MR) is 84.4 cm³/mol. The van der Waals surface area contributed by atoms with E-state index < -0.39 is 5.91 Å². The summed E-state index contributed by atoms with van der Waals surface area (Å²) in [4.78, 5) is 14.2. The minimum absolute atomic E-state index is 0.315. The van der Waals surface area contributed by atoms with Gasteiger partial charge in [0, 0.05) is 17.5 Å². The molecule has 2 N–H and O–H groups in total. The molecule has 112 valence electrons. The SMILES string of the molecule is C#Cc1ccc2c(c1)c(C(N)=O)nn2[C@H]1CN2CCC1CC2. The van der Waals surface area contributed by atoms with Crippen LogP contribution in [0, 0.1) is 18.3 Å². The fourth-order valence-corrected chi connectivity index (χ4v) is 3.88. The van der Waals surface area contributed by atoms with E-state index in [4.69, 9.17) is 12.2 Å². The molecule has 5 nitrogen and oxygen atoms in total. The van der Waals surface area contributed by atoms with Gasteiger partial charge >= 0.3 is 0 Å². The van der Waals surface area contributed by atoms with Gasteiger partial charge in [0.25, 0.3) is 5.91 Å². The number of hydrogen-bond acceptors (Lipinski definition) is 3. The zero-order chi connectivity index (χ0) is 15.3. The molecule has 0 unspecified atom stereocenters. The van der Waals surface area contributed by atoms with Crippen molar-refractivity contribution in [3.63, 3.8) is 0 Å². The van der Waals surface area contributed by atoms with Crippen molar-refractivity contribution in [2.24, 2.45) is 11.7 Å². The van der Waals surface area contributed by atoms with E-state index in [9.17, 15) is 4.79 Å². The van der Waals surface area contributed by atoms with Crippen molar-refractivity contribution in [3.05, 3.63) is 29.5 Å². The Hall–Kier alpha value is -2.32. The first-order valence-corrected chi connectivity index (χ1v) is 7.68. The highest BCUT2D eigenvalue weighted by Gasteiger charge is 2.36. The lowest BCUT2D eigenvalue weighted by atomic mass is 9.84. The van der Waals surface area contributed by atoms with Crippen LogP contribution in [0.3, 0.4) is 0 Å². The average molecular weight is 294 g/mol. The number of primary amides is 1. The van der Waals surface area contributed by atoms with Gasteiger partial charge in [-0.1, -0.05) is 5.92 Å². The van der Waals surface area contributed by atoms with Gasteiger partial charge in [-0.15, -0.1) is 6.42 Å². The molecule has 1 amide bonds. The van der Waals surface area contributed by atoms with E-state index in [1.807, 2.05) is 22.9 Å². The van der Waals surface area contributed by atoms with Crippen molar-refractivity contribution in [2.75, 3.05) is 19.6 Å². The Morgan fingerprint density at radius 1 is 1.36 bits per heavy atom. The Morgan fingerprint density at radius 2 is 2.14 bits per heavy atom. The summed E-state index contributed by atoms with van der Waals surface area (Å²) in [5, 5.41) is 5.32. The first-order chi connectivity index (χ1) is 10.7. The summed E-state index contributed by atoms with van der Waals surface area (Å²) in [7, 11) is 0. The number of rotatable bonds is 2. The number of carbonyl (C=O) groups is 1. The molecule has 5 heteroatoms. The largest absolute Gasteiger partial charge is 0.364 e. The summed E-state index contributed by atoms with van der Waals surface area (Å²) < 4.78 is 2.01. The maximum absolute atomic E-state index is 11.8. The van der Waals surface area contributed by atoms with Crippen LogP contribution in [0.25, 0.3) is 10.9 Å². The molecule has 3 aliphatic rings. The van der Waals surface area contributed by atoms with Crippen LogP contribution in [0.2, 0.25) is 0 Å². The summed E-state index contributed by atoms with van der Waals surface area (Å²) in [6.45, 7) is 3.34. The summed E-state index contributed by atoms with van der Waals surface area (Å²) in [6, 6.07) is 6.00. The normalized spacial score (nSPS) is 27.0. The van der Waals surface area contributed by atoms with Crippen molar-refractivity contribution in [1.82, 2.24) is 14.7 Å². The minimum atomic E-state index is -0.501. The number of nitrogens with zero attached hydrogens (tertiary/aromatic N) is 3. The van der Waals surface area contributed by atoms with Crippen LogP contribution in [0.4, 0.5) is 0 Å². The first-order valence-electron chi connectivity index (χ1n) is 7.68. The molecule has 0 aliphatic carbocycles. The van der Waals surface area contributed by atoms with Gasteiger partial charge in [0.2, 0.25) is 0 Å². The number of piperidine rings is 3. The monoisotopic (exact) mass is 294 g/mol. The molecule has 3 fully saturated rings. The molecule has 1 atom stereocenters. The van der Waals surface area contributed by atoms with Crippen LogP contribution in [-0.4, -0.2) is 40.2 Å². The molecule has 2 bridgehead atoms. The minimum Gasteiger partial charge on any atom is -0.364 e. The molecule has 2 aromatic rings. The lowest BCUT2D eigenvalue weighted by molar-refractivity contribution is 0.0531. The van der Waals surface area contributed by atoms with Gasteiger partial charge in [-0.2, -0.15) is 5.10 Å². The Labute approximate surface area is 129 Å². The van der Waals surface area contributed by atoms with Crippen molar-refractivity contribution >= 4 is 16.8 Å². The number of nitrogens with two attached hydrogens (primary N) is 1. The molecule has 22 heavy (non-hydrogen) atoms. The van der Waals surface area contributed by atoms with Gasteiger partial charge in [0.05, 0.1) is 11.6 Å². The van der Waals surface area contributed by atoms with E-state index in [0.29, 0.717) is 17.7 Å². The molecule has 3 saturated heterocycles. The average Bonchev–Trinajstić information content (AvgIpc) is 2.94. The van der Waals surface area contributed by atoms with Crippen LogP contribution in [0.1, 0.15) is 34.9 Å². The molecule has 0 spiro atoms. The van der Waals surface area contributed by atoms with Crippen molar-refractivity contribution in [1.29, 1.82) is 0 Å². The third-order valence-corrected chi connectivity index (χ3v) is 5.04. The summed E-state index contributed by atoms with van der Waals surface area (Å²) in [5.41, 5.74) is 7.53. The van der Waals surface area contributed by atoms with Gasteiger partial charge in [0.1, 0.15) is 0 Å². The van der Waals surface area contributed by atoms with Gasteiger partial charge in [-0.05, 0) is 50.0 Å². The fraction of sp³-hybridized carbons (Fsp3) is 0.412. The molecule has 1 aromatic heterocycles. The van der Waals surface area contributed by atoms with E-state index in [-0.39, 0.29) is 0 Å². The Bertz CT molecular complexity index is 793. The van der Waals surface area contributed by atoms with E-state index in [0.717, 1.165) is 23.0 Å². The topological polar surface area (TPSA) is 64.2 Å². The molecule has 3 aliphatic heterocycles. The zero-order valence-corrected chi connectivity index (χ0v) is 12.3. The number of carbonyl (C=O) groups excluding carboxylic acids is 1. The van der Waals surface area contributed by atoms with Gasteiger partial charge in [-0.3, -0.25) is 9.48 Å². The summed E-state index contributed by atoms with van der Waals surface area (Å²) >= 11 is 0. The smallest absolute Gasteiger partial charge is 0.269 e.